The minimum atomic E-state index is -0.500. The van der Waals surface area contributed by atoms with Gasteiger partial charge in [-0.3, -0.25) is 9.59 Å². The summed E-state index contributed by atoms with van der Waals surface area (Å²) in [6, 6.07) is 12.4. The van der Waals surface area contributed by atoms with E-state index in [1.54, 1.807) is 30.3 Å². The topological polar surface area (TPSA) is 55.4 Å². The lowest BCUT2D eigenvalue weighted by molar-refractivity contribution is -0.146. The van der Waals surface area contributed by atoms with Crippen LogP contribution in [0.3, 0.4) is 0 Å². The number of carbonyl (C=O) groups excluding carboxylic acids is 2. The van der Waals surface area contributed by atoms with E-state index in [2.05, 4.69) is 21.2 Å². The molecule has 0 heterocycles. The van der Waals surface area contributed by atoms with E-state index in [1.165, 1.54) is 0 Å². The molecule has 0 fully saturated rings. The highest BCUT2D eigenvalue weighted by atomic mass is 79.9. The van der Waals surface area contributed by atoms with Gasteiger partial charge in [-0.05, 0) is 42.3 Å². The largest absolute Gasteiger partial charge is 0.455 e. The standard InChI is InChI=1S/C17H15BrClNO3/c1-11-8-13(6-7-14(11)18)20-16(21)10-23-17(22)9-12-4-2-3-5-15(12)19/h2-8H,9-10H2,1H3,(H,20,21). The van der Waals surface area contributed by atoms with Crippen LogP contribution in [0, 0.1) is 6.92 Å². The number of esters is 1. The zero-order chi connectivity index (χ0) is 16.8. The third kappa shape index (κ3) is 5.37. The molecule has 2 aromatic carbocycles. The Morgan fingerprint density at radius 1 is 1.22 bits per heavy atom. The molecule has 0 bridgehead atoms. The molecule has 0 radical (unpaired) electrons. The molecule has 0 unspecified atom stereocenters. The molecule has 6 heteroatoms. The minimum absolute atomic E-state index is 0.0321. The Morgan fingerprint density at radius 2 is 1.96 bits per heavy atom. The first-order valence-electron chi connectivity index (χ1n) is 6.91. The number of hydrogen-bond acceptors (Lipinski definition) is 3. The molecule has 1 N–H and O–H groups in total. The molecule has 0 aliphatic heterocycles. The van der Waals surface area contributed by atoms with E-state index in [-0.39, 0.29) is 18.9 Å². The number of amides is 1. The van der Waals surface area contributed by atoms with Gasteiger partial charge in [0.15, 0.2) is 6.61 Å². The molecule has 0 aromatic heterocycles. The van der Waals surface area contributed by atoms with Gasteiger partial charge in [-0.15, -0.1) is 0 Å². The van der Waals surface area contributed by atoms with Crippen LogP contribution < -0.4 is 5.32 Å². The summed E-state index contributed by atoms with van der Waals surface area (Å²) in [6.45, 7) is 1.59. The molecule has 4 nitrogen and oxygen atoms in total. The maximum absolute atomic E-state index is 11.8. The Kier molecular flexibility index (Phi) is 6.19. The number of aryl methyl sites for hydroxylation is 1. The molecular formula is C17H15BrClNO3. The van der Waals surface area contributed by atoms with Crippen LogP contribution in [-0.4, -0.2) is 18.5 Å². The predicted octanol–water partition coefficient (Wildman–Crippen LogP) is 4.14. The van der Waals surface area contributed by atoms with E-state index in [0.29, 0.717) is 16.3 Å². The first kappa shape index (κ1) is 17.5. The zero-order valence-electron chi connectivity index (χ0n) is 12.4. The van der Waals surface area contributed by atoms with Crippen molar-refractivity contribution in [3.63, 3.8) is 0 Å². The second kappa shape index (κ2) is 8.13. The highest BCUT2D eigenvalue weighted by Crippen LogP contribution is 2.20. The summed E-state index contributed by atoms with van der Waals surface area (Å²) in [6.07, 6.45) is 0.0321. The molecule has 2 aromatic rings. The number of ether oxygens (including phenoxy) is 1. The first-order chi connectivity index (χ1) is 11.0. The molecule has 0 aliphatic carbocycles. The van der Waals surface area contributed by atoms with E-state index >= 15 is 0 Å². The Labute approximate surface area is 147 Å². The van der Waals surface area contributed by atoms with Crippen molar-refractivity contribution in [2.75, 3.05) is 11.9 Å². The SMILES string of the molecule is Cc1cc(NC(=O)COC(=O)Cc2ccccc2Cl)ccc1Br. The van der Waals surface area contributed by atoms with Crippen LogP contribution in [0.5, 0.6) is 0 Å². The monoisotopic (exact) mass is 395 g/mol. The molecular weight excluding hydrogens is 382 g/mol. The summed E-state index contributed by atoms with van der Waals surface area (Å²) in [5.74, 6) is -0.889. The third-order valence-electron chi connectivity index (χ3n) is 3.10. The van der Waals surface area contributed by atoms with Gasteiger partial charge in [0.05, 0.1) is 6.42 Å². The van der Waals surface area contributed by atoms with Crippen LogP contribution in [0.2, 0.25) is 5.02 Å². The summed E-state index contributed by atoms with van der Waals surface area (Å²) in [5.41, 5.74) is 2.32. The summed E-state index contributed by atoms with van der Waals surface area (Å²) >= 11 is 9.36. The van der Waals surface area contributed by atoms with E-state index in [0.717, 1.165) is 10.0 Å². The van der Waals surface area contributed by atoms with Crippen LogP contribution >= 0.6 is 27.5 Å². The lowest BCUT2D eigenvalue weighted by Crippen LogP contribution is -2.21. The summed E-state index contributed by atoms with van der Waals surface area (Å²) in [4.78, 5) is 23.6. The quantitative estimate of drug-likeness (QED) is 0.773. The summed E-state index contributed by atoms with van der Waals surface area (Å²) in [7, 11) is 0. The van der Waals surface area contributed by atoms with Gasteiger partial charge in [0.1, 0.15) is 0 Å². The normalized spacial score (nSPS) is 10.2. The first-order valence-corrected chi connectivity index (χ1v) is 8.08. The smallest absolute Gasteiger partial charge is 0.310 e. The fourth-order valence-electron chi connectivity index (χ4n) is 1.91. The molecule has 0 atom stereocenters. The molecule has 0 saturated carbocycles. The average molecular weight is 397 g/mol. The van der Waals surface area contributed by atoms with Gasteiger partial charge in [-0.1, -0.05) is 45.7 Å². The number of anilines is 1. The summed E-state index contributed by atoms with van der Waals surface area (Å²) < 4.78 is 5.93. The average Bonchev–Trinajstić information content (AvgIpc) is 2.51. The maximum atomic E-state index is 11.8. The van der Waals surface area contributed by atoms with E-state index in [9.17, 15) is 9.59 Å². The number of carbonyl (C=O) groups is 2. The third-order valence-corrected chi connectivity index (χ3v) is 4.36. The van der Waals surface area contributed by atoms with Crippen LogP contribution in [0.25, 0.3) is 0 Å². The van der Waals surface area contributed by atoms with E-state index in [4.69, 9.17) is 16.3 Å². The van der Waals surface area contributed by atoms with E-state index < -0.39 is 5.97 Å². The van der Waals surface area contributed by atoms with Crippen molar-refractivity contribution in [3.8, 4) is 0 Å². The van der Waals surface area contributed by atoms with Crippen molar-refractivity contribution in [1.29, 1.82) is 0 Å². The second-order valence-corrected chi connectivity index (χ2v) is 6.20. The van der Waals surface area contributed by atoms with Gasteiger partial charge in [0.2, 0.25) is 0 Å². The molecule has 0 saturated heterocycles. The number of benzene rings is 2. The minimum Gasteiger partial charge on any atom is -0.455 e. The Hall–Kier alpha value is -1.85. The summed E-state index contributed by atoms with van der Waals surface area (Å²) in [5, 5.41) is 3.18. The lowest BCUT2D eigenvalue weighted by Gasteiger charge is -2.08. The number of nitrogens with one attached hydrogen (secondary N) is 1. The van der Waals surface area contributed by atoms with Crippen molar-refractivity contribution in [1.82, 2.24) is 0 Å². The van der Waals surface area contributed by atoms with Crippen LogP contribution in [-0.2, 0) is 20.7 Å². The van der Waals surface area contributed by atoms with Crippen molar-refractivity contribution >= 4 is 45.1 Å². The fraction of sp³-hybridized carbons (Fsp3) is 0.176. The van der Waals surface area contributed by atoms with Crippen LogP contribution in [0.15, 0.2) is 46.9 Å². The van der Waals surface area contributed by atoms with Gasteiger partial charge in [-0.2, -0.15) is 0 Å². The zero-order valence-corrected chi connectivity index (χ0v) is 14.8. The van der Waals surface area contributed by atoms with Crippen molar-refractivity contribution in [3.05, 3.63) is 63.1 Å². The predicted molar refractivity (Wildman–Crippen MR) is 93.6 cm³/mol. The Bertz CT molecular complexity index is 734. The van der Waals surface area contributed by atoms with Gasteiger partial charge in [0.25, 0.3) is 5.91 Å². The number of halogens is 2. The highest BCUT2D eigenvalue weighted by Gasteiger charge is 2.11. The molecule has 0 spiro atoms. The van der Waals surface area contributed by atoms with Crippen LogP contribution in [0.1, 0.15) is 11.1 Å². The lowest BCUT2D eigenvalue weighted by atomic mass is 10.1. The number of hydrogen-bond donors (Lipinski definition) is 1. The Morgan fingerprint density at radius 3 is 2.65 bits per heavy atom. The van der Waals surface area contributed by atoms with Gasteiger partial charge in [0, 0.05) is 15.2 Å². The fourth-order valence-corrected chi connectivity index (χ4v) is 2.36. The van der Waals surface area contributed by atoms with E-state index in [1.807, 2.05) is 19.1 Å². The van der Waals surface area contributed by atoms with Gasteiger partial charge < -0.3 is 10.1 Å². The molecule has 0 aliphatic rings. The Balaban J connectivity index is 1.83. The highest BCUT2D eigenvalue weighted by molar-refractivity contribution is 9.10. The molecule has 23 heavy (non-hydrogen) atoms. The van der Waals surface area contributed by atoms with Crippen molar-refractivity contribution in [2.24, 2.45) is 0 Å². The molecule has 2 rings (SSSR count). The molecule has 1 amide bonds. The van der Waals surface area contributed by atoms with Crippen molar-refractivity contribution < 1.29 is 14.3 Å². The second-order valence-electron chi connectivity index (χ2n) is 4.94. The van der Waals surface area contributed by atoms with Crippen LogP contribution in [0.4, 0.5) is 5.69 Å². The van der Waals surface area contributed by atoms with Crippen molar-refractivity contribution in [2.45, 2.75) is 13.3 Å². The van der Waals surface area contributed by atoms with Gasteiger partial charge >= 0.3 is 5.97 Å². The molecule has 120 valence electrons. The van der Waals surface area contributed by atoms with Gasteiger partial charge in [-0.25, -0.2) is 0 Å². The maximum Gasteiger partial charge on any atom is 0.310 e. The number of rotatable bonds is 5.